The zero-order valence-corrected chi connectivity index (χ0v) is 21.6. The lowest BCUT2D eigenvalue weighted by molar-refractivity contribution is -0.116. The Balaban J connectivity index is 1.37. The minimum atomic E-state index is -0.112. The summed E-state index contributed by atoms with van der Waals surface area (Å²) in [6.07, 6.45) is 6.65. The van der Waals surface area contributed by atoms with Crippen LogP contribution in [0.3, 0.4) is 0 Å². The van der Waals surface area contributed by atoms with Gasteiger partial charge >= 0.3 is 0 Å². The molecule has 5 rings (SSSR count). The van der Waals surface area contributed by atoms with E-state index < -0.39 is 0 Å². The molecule has 2 aliphatic rings. The summed E-state index contributed by atoms with van der Waals surface area (Å²) in [7, 11) is 0. The van der Waals surface area contributed by atoms with Crippen molar-refractivity contribution < 1.29 is 9.53 Å². The second-order valence-corrected chi connectivity index (χ2v) is 10.0. The molecule has 1 aromatic carbocycles. The van der Waals surface area contributed by atoms with Gasteiger partial charge in [-0.3, -0.25) is 9.78 Å². The zero-order chi connectivity index (χ0) is 25.1. The molecule has 0 bridgehead atoms. The quantitative estimate of drug-likeness (QED) is 0.435. The Hall–Kier alpha value is -3.23. The number of ether oxygens (including phenoxy) is 1. The highest BCUT2D eigenvalue weighted by atomic mass is 32.1. The van der Waals surface area contributed by atoms with Crippen molar-refractivity contribution in [1.82, 2.24) is 19.8 Å². The first-order chi connectivity index (χ1) is 17.5. The fourth-order valence-electron chi connectivity index (χ4n) is 5.14. The number of thiocarbonyl (C=S) groups is 1. The third kappa shape index (κ3) is 5.29. The Morgan fingerprint density at radius 2 is 2.11 bits per heavy atom. The van der Waals surface area contributed by atoms with Crippen LogP contribution in [0, 0.1) is 13.8 Å². The summed E-state index contributed by atoms with van der Waals surface area (Å²) >= 11 is 5.80. The average Bonchev–Trinajstić information content (AvgIpc) is 3.62. The molecule has 2 N–H and O–H groups in total. The van der Waals surface area contributed by atoms with Gasteiger partial charge in [-0.1, -0.05) is 18.2 Å². The van der Waals surface area contributed by atoms with E-state index in [1.54, 1.807) is 0 Å². The zero-order valence-electron chi connectivity index (χ0n) is 20.8. The van der Waals surface area contributed by atoms with Crippen molar-refractivity contribution in [3.8, 4) is 0 Å². The molecule has 2 fully saturated rings. The van der Waals surface area contributed by atoms with Crippen molar-refractivity contribution in [2.24, 2.45) is 0 Å². The van der Waals surface area contributed by atoms with Crippen LogP contribution >= 0.6 is 12.2 Å². The first-order valence-electron chi connectivity index (χ1n) is 12.6. The third-order valence-electron chi connectivity index (χ3n) is 7.04. The van der Waals surface area contributed by atoms with E-state index >= 15 is 0 Å². The molecule has 0 radical (unpaired) electrons. The highest BCUT2D eigenvalue weighted by Gasteiger charge is 2.41. The van der Waals surface area contributed by atoms with Crippen molar-refractivity contribution >= 4 is 28.9 Å². The van der Waals surface area contributed by atoms with Crippen molar-refractivity contribution in [3.05, 3.63) is 83.4 Å². The Morgan fingerprint density at radius 1 is 1.22 bits per heavy atom. The molecule has 188 valence electrons. The number of anilines is 1. The highest BCUT2D eigenvalue weighted by molar-refractivity contribution is 7.80. The number of nitrogens with one attached hydrogen (secondary N) is 2. The standard InChI is InChI=1S/C28H33N5O2S/c1-19-10-11-20(2)23(17-19)30-25(34)12-15-33-27(26(31-28(33)36)22-8-3-4-13-29-22)24-9-5-14-32(24)18-21-7-6-16-35-21/h3-5,8-11,13-14,17,21,26-27H,6-7,12,15-16,18H2,1-2H3,(H,30,34)(H,31,36). The van der Waals surface area contributed by atoms with Gasteiger partial charge in [-0.05, 0) is 80.4 Å². The van der Waals surface area contributed by atoms with E-state index in [0.29, 0.717) is 18.1 Å². The van der Waals surface area contributed by atoms with E-state index in [1.165, 1.54) is 0 Å². The fourth-order valence-corrected chi connectivity index (χ4v) is 5.47. The Kier molecular flexibility index (Phi) is 7.34. The van der Waals surface area contributed by atoms with Gasteiger partial charge in [0.15, 0.2) is 5.11 Å². The third-order valence-corrected chi connectivity index (χ3v) is 7.39. The van der Waals surface area contributed by atoms with E-state index in [9.17, 15) is 4.79 Å². The molecule has 4 heterocycles. The number of carbonyl (C=O) groups is 1. The lowest BCUT2D eigenvalue weighted by Gasteiger charge is -2.29. The normalized spacial score (nSPS) is 21.6. The first-order valence-corrected chi connectivity index (χ1v) is 13.0. The van der Waals surface area contributed by atoms with E-state index in [2.05, 4.69) is 43.4 Å². The molecule has 0 saturated carbocycles. The number of nitrogens with zero attached hydrogens (tertiary/aromatic N) is 3. The summed E-state index contributed by atoms with van der Waals surface area (Å²) < 4.78 is 8.19. The maximum absolute atomic E-state index is 12.9. The van der Waals surface area contributed by atoms with Gasteiger partial charge in [-0.15, -0.1) is 0 Å². The summed E-state index contributed by atoms with van der Waals surface area (Å²) in [6, 6.07) is 16.0. The summed E-state index contributed by atoms with van der Waals surface area (Å²) in [5.74, 6) is -0.0266. The van der Waals surface area contributed by atoms with Crippen LogP contribution in [0.4, 0.5) is 5.69 Å². The van der Waals surface area contributed by atoms with Gasteiger partial charge in [0.2, 0.25) is 5.91 Å². The molecule has 0 aliphatic carbocycles. The number of hydrogen-bond acceptors (Lipinski definition) is 4. The van der Waals surface area contributed by atoms with Gasteiger partial charge in [0.05, 0.1) is 23.9 Å². The van der Waals surface area contributed by atoms with Crippen LogP contribution in [0.1, 0.15) is 53.9 Å². The molecule has 2 aromatic heterocycles. The molecule has 2 aliphatic heterocycles. The highest BCUT2D eigenvalue weighted by Crippen LogP contribution is 2.39. The second kappa shape index (κ2) is 10.8. The van der Waals surface area contributed by atoms with Crippen LogP contribution < -0.4 is 10.6 Å². The number of rotatable bonds is 8. The van der Waals surface area contributed by atoms with Crippen LogP contribution in [-0.2, 0) is 16.1 Å². The molecule has 1 amide bonds. The molecule has 2 saturated heterocycles. The summed E-state index contributed by atoms with van der Waals surface area (Å²) in [6.45, 7) is 6.17. The lowest BCUT2D eigenvalue weighted by atomic mass is 10.0. The minimum Gasteiger partial charge on any atom is -0.376 e. The largest absolute Gasteiger partial charge is 0.376 e. The SMILES string of the molecule is Cc1ccc(C)c(NC(=O)CCN2C(=S)NC(c3ccccn3)C2c2cccn2CC2CCCO2)c1. The molecule has 36 heavy (non-hydrogen) atoms. The van der Waals surface area contributed by atoms with Gasteiger partial charge in [-0.2, -0.15) is 0 Å². The van der Waals surface area contributed by atoms with Crippen molar-refractivity contribution in [3.63, 3.8) is 0 Å². The number of carbonyl (C=O) groups excluding carboxylic acids is 1. The molecule has 3 unspecified atom stereocenters. The number of aromatic nitrogens is 2. The number of hydrogen-bond donors (Lipinski definition) is 2. The van der Waals surface area contributed by atoms with Gasteiger partial charge in [0.1, 0.15) is 0 Å². The molecule has 3 atom stereocenters. The fraction of sp³-hybridized carbons (Fsp3) is 0.393. The van der Waals surface area contributed by atoms with E-state index in [4.69, 9.17) is 17.0 Å². The van der Waals surface area contributed by atoms with Crippen LogP contribution in [0.25, 0.3) is 0 Å². The monoisotopic (exact) mass is 503 g/mol. The van der Waals surface area contributed by atoms with E-state index in [-0.39, 0.29) is 24.1 Å². The Morgan fingerprint density at radius 3 is 2.89 bits per heavy atom. The van der Waals surface area contributed by atoms with Crippen LogP contribution in [0.5, 0.6) is 0 Å². The van der Waals surface area contributed by atoms with Crippen molar-refractivity contribution in [2.45, 2.75) is 57.8 Å². The minimum absolute atomic E-state index is 0.0266. The van der Waals surface area contributed by atoms with Gasteiger partial charge in [0.25, 0.3) is 0 Å². The van der Waals surface area contributed by atoms with Gasteiger partial charge < -0.3 is 24.8 Å². The van der Waals surface area contributed by atoms with Crippen LogP contribution in [-0.4, -0.2) is 44.7 Å². The number of pyridine rings is 1. The maximum atomic E-state index is 12.9. The summed E-state index contributed by atoms with van der Waals surface area (Å²) in [5.41, 5.74) is 5.09. The Bertz CT molecular complexity index is 1220. The Labute approximate surface area is 217 Å². The lowest BCUT2D eigenvalue weighted by Crippen LogP contribution is -2.33. The van der Waals surface area contributed by atoms with Crippen LogP contribution in [0.15, 0.2) is 60.9 Å². The topological polar surface area (TPSA) is 71.4 Å². The number of aryl methyl sites for hydroxylation is 2. The smallest absolute Gasteiger partial charge is 0.226 e. The second-order valence-electron chi connectivity index (χ2n) is 9.66. The molecule has 8 heteroatoms. The number of benzene rings is 1. The number of amides is 1. The average molecular weight is 504 g/mol. The molecular formula is C28H33N5O2S. The van der Waals surface area contributed by atoms with Crippen molar-refractivity contribution in [2.75, 3.05) is 18.5 Å². The maximum Gasteiger partial charge on any atom is 0.226 e. The van der Waals surface area contributed by atoms with Crippen molar-refractivity contribution in [1.29, 1.82) is 0 Å². The van der Waals surface area contributed by atoms with Gasteiger partial charge in [-0.25, -0.2) is 0 Å². The predicted octanol–water partition coefficient (Wildman–Crippen LogP) is 4.68. The molecule has 7 nitrogen and oxygen atoms in total. The predicted molar refractivity (Wildman–Crippen MR) is 145 cm³/mol. The molecule has 3 aromatic rings. The molecular weight excluding hydrogens is 470 g/mol. The summed E-state index contributed by atoms with van der Waals surface area (Å²) in [5, 5.41) is 7.21. The molecule has 0 spiro atoms. The van der Waals surface area contributed by atoms with Crippen LogP contribution in [0.2, 0.25) is 0 Å². The summed E-state index contributed by atoms with van der Waals surface area (Å²) in [4.78, 5) is 19.7. The van der Waals surface area contributed by atoms with E-state index in [0.717, 1.165) is 54.2 Å². The van der Waals surface area contributed by atoms with Gasteiger partial charge in [0, 0.05) is 49.9 Å². The van der Waals surface area contributed by atoms with E-state index in [1.807, 2.05) is 56.4 Å². The first kappa shape index (κ1) is 24.5.